The van der Waals surface area contributed by atoms with E-state index in [-0.39, 0.29) is 6.54 Å². The van der Waals surface area contributed by atoms with Crippen LogP contribution in [0.2, 0.25) is 0 Å². The lowest BCUT2D eigenvalue weighted by Gasteiger charge is -2.09. The van der Waals surface area contributed by atoms with Gasteiger partial charge in [-0.05, 0) is 38.0 Å². The lowest BCUT2D eigenvalue weighted by atomic mass is 10.2. The zero-order chi connectivity index (χ0) is 14.0. The van der Waals surface area contributed by atoms with Crippen molar-refractivity contribution in [1.82, 2.24) is 9.71 Å². The van der Waals surface area contributed by atoms with Gasteiger partial charge >= 0.3 is 0 Å². The van der Waals surface area contributed by atoms with Crippen LogP contribution in [0, 0.1) is 20.8 Å². The highest BCUT2D eigenvalue weighted by molar-refractivity contribution is 7.89. The molecule has 0 bridgehead atoms. The Bertz CT molecular complexity index is 690. The molecule has 1 aromatic carbocycles. The maximum absolute atomic E-state index is 12.3. The Morgan fingerprint density at radius 3 is 2.63 bits per heavy atom. The van der Waals surface area contributed by atoms with Crippen molar-refractivity contribution < 1.29 is 8.42 Å². The maximum Gasteiger partial charge on any atom is 0.241 e. The molecule has 0 aliphatic heterocycles. The number of rotatable bonds is 4. The van der Waals surface area contributed by atoms with Gasteiger partial charge < -0.3 is 0 Å². The summed E-state index contributed by atoms with van der Waals surface area (Å²) in [6.07, 6.45) is 0. The summed E-state index contributed by atoms with van der Waals surface area (Å²) in [6.45, 7) is 5.79. The monoisotopic (exact) mass is 296 g/mol. The number of sulfonamides is 1. The molecule has 1 heterocycles. The predicted molar refractivity (Wildman–Crippen MR) is 76.8 cm³/mol. The molecule has 102 valence electrons. The first-order valence-electron chi connectivity index (χ1n) is 5.86. The molecule has 1 aromatic heterocycles. The zero-order valence-corrected chi connectivity index (χ0v) is 12.7. The molecule has 0 saturated carbocycles. The van der Waals surface area contributed by atoms with Gasteiger partial charge in [0.2, 0.25) is 10.0 Å². The van der Waals surface area contributed by atoms with Gasteiger partial charge in [-0.1, -0.05) is 12.1 Å². The topological polar surface area (TPSA) is 59.1 Å². The number of nitrogens with one attached hydrogen (secondary N) is 1. The Balaban J connectivity index is 2.20. The molecule has 1 N–H and O–H groups in total. The molecule has 0 unspecified atom stereocenters. The maximum atomic E-state index is 12.3. The zero-order valence-electron chi connectivity index (χ0n) is 11.1. The van der Waals surface area contributed by atoms with Crippen molar-refractivity contribution in [2.75, 3.05) is 0 Å². The average Bonchev–Trinajstić information content (AvgIpc) is 2.76. The van der Waals surface area contributed by atoms with Gasteiger partial charge in [0.25, 0.3) is 0 Å². The Labute approximate surface area is 117 Å². The van der Waals surface area contributed by atoms with Gasteiger partial charge in [0, 0.05) is 11.1 Å². The van der Waals surface area contributed by atoms with Crippen LogP contribution in [0.25, 0.3) is 0 Å². The number of thiazole rings is 1. The molecule has 19 heavy (non-hydrogen) atoms. The molecular formula is C13H16N2O2S2. The minimum atomic E-state index is -3.49. The number of hydrogen-bond donors (Lipinski definition) is 1. The molecular weight excluding hydrogens is 280 g/mol. The van der Waals surface area contributed by atoms with Crippen molar-refractivity contribution in [3.8, 4) is 0 Å². The fraction of sp³-hybridized carbons (Fsp3) is 0.308. The minimum Gasteiger partial charge on any atom is -0.245 e. The van der Waals surface area contributed by atoms with Gasteiger partial charge in [-0.3, -0.25) is 0 Å². The number of hydrogen-bond acceptors (Lipinski definition) is 4. The van der Waals surface area contributed by atoms with E-state index >= 15 is 0 Å². The molecule has 0 aliphatic carbocycles. The van der Waals surface area contributed by atoms with Crippen molar-refractivity contribution in [1.29, 1.82) is 0 Å². The van der Waals surface area contributed by atoms with Gasteiger partial charge in [0.15, 0.2) is 0 Å². The summed E-state index contributed by atoms with van der Waals surface area (Å²) >= 11 is 1.45. The van der Waals surface area contributed by atoms with E-state index in [4.69, 9.17) is 0 Å². The first-order valence-corrected chi connectivity index (χ1v) is 8.23. The molecule has 0 fully saturated rings. The van der Waals surface area contributed by atoms with Crippen LogP contribution < -0.4 is 4.72 Å². The molecule has 0 atom stereocenters. The van der Waals surface area contributed by atoms with Crippen LogP contribution in [0.4, 0.5) is 0 Å². The number of aromatic nitrogens is 1. The summed E-state index contributed by atoms with van der Waals surface area (Å²) in [5.41, 5.74) is 2.58. The Morgan fingerprint density at radius 2 is 2.00 bits per heavy atom. The van der Waals surface area contributed by atoms with E-state index in [2.05, 4.69) is 9.71 Å². The Kier molecular flexibility index (Phi) is 4.03. The van der Waals surface area contributed by atoms with Crippen LogP contribution in [0.5, 0.6) is 0 Å². The second-order valence-corrected chi connectivity index (χ2v) is 7.15. The summed E-state index contributed by atoms with van der Waals surface area (Å²) in [6, 6.07) is 5.40. The Morgan fingerprint density at radius 1 is 1.26 bits per heavy atom. The third kappa shape index (κ3) is 3.40. The first kappa shape index (κ1) is 14.2. The average molecular weight is 296 g/mol. The molecule has 0 radical (unpaired) electrons. The van der Waals surface area contributed by atoms with Crippen molar-refractivity contribution in [2.45, 2.75) is 32.2 Å². The first-order chi connectivity index (χ1) is 8.88. The number of aryl methyl sites for hydroxylation is 3. The van der Waals surface area contributed by atoms with E-state index in [1.54, 1.807) is 13.0 Å². The highest BCUT2D eigenvalue weighted by Gasteiger charge is 2.17. The van der Waals surface area contributed by atoms with Gasteiger partial charge in [0.05, 0.1) is 11.4 Å². The van der Waals surface area contributed by atoms with E-state index in [0.29, 0.717) is 4.90 Å². The second kappa shape index (κ2) is 5.40. The van der Waals surface area contributed by atoms with Gasteiger partial charge in [-0.15, -0.1) is 11.3 Å². The number of nitrogens with zero attached hydrogens (tertiary/aromatic N) is 1. The van der Waals surface area contributed by atoms with E-state index in [0.717, 1.165) is 21.8 Å². The van der Waals surface area contributed by atoms with Crippen LogP contribution in [-0.2, 0) is 16.6 Å². The molecule has 0 saturated heterocycles. The van der Waals surface area contributed by atoms with Crippen LogP contribution in [0.3, 0.4) is 0 Å². The fourth-order valence-corrected chi connectivity index (χ4v) is 3.83. The number of benzene rings is 1. The van der Waals surface area contributed by atoms with E-state index in [1.807, 2.05) is 31.4 Å². The minimum absolute atomic E-state index is 0.230. The quantitative estimate of drug-likeness (QED) is 0.943. The standard InChI is InChI=1S/C13H16N2O2S2/c1-9-4-5-10(2)12(6-9)19(16,17)14-7-13-15-11(3)8-18-13/h4-6,8,14H,7H2,1-3H3. The van der Waals surface area contributed by atoms with Crippen molar-refractivity contribution in [2.24, 2.45) is 0 Å². The van der Waals surface area contributed by atoms with Crippen LogP contribution in [-0.4, -0.2) is 13.4 Å². The third-order valence-corrected chi connectivity index (χ3v) is 5.22. The van der Waals surface area contributed by atoms with E-state index in [1.165, 1.54) is 11.3 Å². The third-order valence-electron chi connectivity index (χ3n) is 2.71. The van der Waals surface area contributed by atoms with Gasteiger partial charge in [0.1, 0.15) is 5.01 Å². The van der Waals surface area contributed by atoms with Gasteiger partial charge in [-0.2, -0.15) is 0 Å². The van der Waals surface area contributed by atoms with E-state index in [9.17, 15) is 8.42 Å². The normalized spacial score (nSPS) is 11.7. The highest BCUT2D eigenvalue weighted by atomic mass is 32.2. The SMILES string of the molecule is Cc1ccc(C)c(S(=O)(=O)NCc2nc(C)cs2)c1. The smallest absolute Gasteiger partial charge is 0.241 e. The lowest BCUT2D eigenvalue weighted by molar-refractivity contribution is 0.580. The molecule has 0 amide bonds. The van der Waals surface area contributed by atoms with Crippen LogP contribution in [0.15, 0.2) is 28.5 Å². The Hall–Kier alpha value is -1.24. The largest absolute Gasteiger partial charge is 0.245 e. The van der Waals surface area contributed by atoms with Crippen molar-refractivity contribution >= 4 is 21.4 Å². The summed E-state index contributed by atoms with van der Waals surface area (Å²) < 4.78 is 27.1. The van der Waals surface area contributed by atoms with Crippen LogP contribution >= 0.6 is 11.3 Å². The summed E-state index contributed by atoms with van der Waals surface area (Å²) in [5.74, 6) is 0. The molecule has 6 heteroatoms. The van der Waals surface area contributed by atoms with Crippen molar-refractivity contribution in [3.05, 3.63) is 45.4 Å². The second-order valence-electron chi connectivity index (χ2n) is 4.48. The van der Waals surface area contributed by atoms with Gasteiger partial charge in [-0.25, -0.2) is 18.1 Å². The molecule has 4 nitrogen and oxygen atoms in total. The fourth-order valence-electron chi connectivity index (χ4n) is 1.72. The summed E-state index contributed by atoms with van der Waals surface area (Å²) in [7, 11) is -3.49. The van der Waals surface area contributed by atoms with Crippen LogP contribution in [0.1, 0.15) is 21.8 Å². The predicted octanol–water partition coefficient (Wildman–Crippen LogP) is 2.55. The highest BCUT2D eigenvalue weighted by Crippen LogP contribution is 2.17. The van der Waals surface area contributed by atoms with E-state index < -0.39 is 10.0 Å². The lowest BCUT2D eigenvalue weighted by Crippen LogP contribution is -2.24. The molecule has 0 aliphatic rings. The summed E-state index contributed by atoms with van der Waals surface area (Å²) in [5, 5.41) is 2.67. The molecule has 2 aromatic rings. The van der Waals surface area contributed by atoms with Crippen molar-refractivity contribution in [3.63, 3.8) is 0 Å². The molecule has 2 rings (SSSR count). The molecule has 0 spiro atoms. The summed E-state index contributed by atoms with van der Waals surface area (Å²) in [4.78, 5) is 4.57.